The topological polar surface area (TPSA) is 102 Å². The van der Waals surface area contributed by atoms with Gasteiger partial charge in [-0.25, -0.2) is 4.99 Å². The van der Waals surface area contributed by atoms with Crippen LogP contribution in [0.25, 0.3) is 0 Å². The summed E-state index contributed by atoms with van der Waals surface area (Å²) in [5.41, 5.74) is 3.83. The molecule has 0 heterocycles. The minimum Gasteiger partial charge on any atom is -0.395 e. The zero-order valence-corrected chi connectivity index (χ0v) is 15.8. The summed E-state index contributed by atoms with van der Waals surface area (Å²) in [4.78, 5) is 30.0. The number of carbonyl (C=O) groups is 2. The summed E-state index contributed by atoms with van der Waals surface area (Å²) < 4.78 is 0. The molecule has 3 N–H and O–H groups in total. The van der Waals surface area contributed by atoms with E-state index in [1.165, 1.54) is 13.0 Å². The van der Waals surface area contributed by atoms with Gasteiger partial charge in [0.15, 0.2) is 0 Å². The fraction of sp³-hybridized carbons (Fsp3) is 0.350. The zero-order valence-electron chi connectivity index (χ0n) is 15.8. The standard InChI is InChI=1S/C20H25N3O4/c1-13-12-18(27)20(21-15(3)26)14(2)19(13)22-16-4-6-17(7-5-16)23(8-10-24)9-11-25/h4-7,12,24-25H,8-11H2,1-3H3,(H,21,26). The maximum atomic E-state index is 12.1. The van der Waals surface area contributed by atoms with Gasteiger partial charge in [-0.2, -0.15) is 0 Å². The summed E-state index contributed by atoms with van der Waals surface area (Å²) in [5, 5.41) is 20.9. The lowest BCUT2D eigenvalue weighted by Gasteiger charge is -2.23. The molecule has 7 nitrogen and oxygen atoms in total. The Morgan fingerprint density at radius 1 is 1.11 bits per heavy atom. The maximum Gasteiger partial charge on any atom is 0.221 e. The van der Waals surface area contributed by atoms with E-state index in [1.807, 2.05) is 36.1 Å². The molecule has 1 aliphatic rings. The van der Waals surface area contributed by atoms with Crippen LogP contribution < -0.4 is 10.2 Å². The van der Waals surface area contributed by atoms with Crippen LogP contribution in [-0.4, -0.2) is 53.9 Å². The van der Waals surface area contributed by atoms with E-state index in [2.05, 4.69) is 10.3 Å². The Hall–Kier alpha value is -2.77. The largest absolute Gasteiger partial charge is 0.395 e. The van der Waals surface area contributed by atoms with Crippen molar-refractivity contribution in [2.45, 2.75) is 20.8 Å². The first kappa shape index (κ1) is 20.5. The average Bonchev–Trinajstić information content (AvgIpc) is 2.62. The summed E-state index contributed by atoms with van der Waals surface area (Å²) in [5.74, 6) is -0.541. The summed E-state index contributed by atoms with van der Waals surface area (Å²) in [7, 11) is 0. The predicted molar refractivity (Wildman–Crippen MR) is 105 cm³/mol. The molecule has 0 bridgehead atoms. The number of allylic oxidation sites excluding steroid dienone is 3. The van der Waals surface area contributed by atoms with Crippen LogP contribution in [0.5, 0.6) is 0 Å². The smallest absolute Gasteiger partial charge is 0.221 e. The van der Waals surface area contributed by atoms with Gasteiger partial charge in [0, 0.05) is 31.3 Å². The van der Waals surface area contributed by atoms with Crippen LogP contribution in [0.1, 0.15) is 20.8 Å². The molecule has 0 aliphatic heterocycles. The maximum absolute atomic E-state index is 12.1. The summed E-state index contributed by atoms with van der Waals surface area (Å²) >= 11 is 0. The fourth-order valence-corrected chi connectivity index (χ4v) is 2.92. The van der Waals surface area contributed by atoms with Gasteiger partial charge in [0.05, 0.1) is 30.3 Å². The van der Waals surface area contributed by atoms with Crippen LogP contribution in [0.3, 0.4) is 0 Å². The van der Waals surface area contributed by atoms with Crippen molar-refractivity contribution in [1.82, 2.24) is 5.32 Å². The van der Waals surface area contributed by atoms with Gasteiger partial charge in [-0.3, -0.25) is 9.59 Å². The molecule has 0 atom stereocenters. The Bertz CT molecular complexity index is 801. The molecule has 1 amide bonds. The van der Waals surface area contributed by atoms with Crippen LogP contribution in [0.2, 0.25) is 0 Å². The highest BCUT2D eigenvalue weighted by Crippen LogP contribution is 2.25. The predicted octanol–water partition coefficient (Wildman–Crippen LogP) is 1.49. The highest BCUT2D eigenvalue weighted by molar-refractivity contribution is 6.25. The lowest BCUT2D eigenvalue weighted by atomic mass is 9.94. The number of hydrogen-bond donors (Lipinski definition) is 3. The highest BCUT2D eigenvalue weighted by Gasteiger charge is 2.22. The number of ketones is 1. The first-order valence-corrected chi connectivity index (χ1v) is 8.74. The van der Waals surface area contributed by atoms with Gasteiger partial charge in [0.1, 0.15) is 0 Å². The second kappa shape index (κ2) is 9.25. The van der Waals surface area contributed by atoms with Gasteiger partial charge in [0.2, 0.25) is 11.7 Å². The van der Waals surface area contributed by atoms with Crippen LogP contribution in [0.15, 0.2) is 52.2 Å². The molecule has 0 unspecified atom stereocenters. The summed E-state index contributed by atoms with van der Waals surface area (Å²) in [6.45, 7) is 5.79. The number of rotatable bonds is 7. The van der Waals surface area contributed by atoms with Crippen LogP contribution in [-0.2, 0) is 9.59 Å². The Balaban J connectivity index is 2.33. The minimum atomic E-state index is -0.304. The van der Waals surface area contributed by atoms with E-state index >= 15 is 0 Å². The number of anilines is 1. The zero-order chi connectivity index (χ0) is 20.0. The first-order valence-electron chi connectivity index (χ1n) is 8.74. The second-order valence-corrected chi connectivity index (χ2v) is 6.28. The highest BCUT2D eigenvalue weighted by atomic mass is 16.3. The van der Waals surface area contributed by atoms with Crippen LogP contribution in [0, 0.1) is 0 Å². The Kier molecular flexibility index (Phi) is 7.04. The molecule has 0 aromatic heterocycles. The van der Waals surface area contributed by atoms with E-state index in [0.29, 0.717) is 30.1 Å². The molecule has 27 heavy (non-hydrogen) atoms. The van der Waals surface area contributed by atoms with E-state index < -0.39 is 0 Å². The Labute approximate surface area is 158 Å². The number of carbonyl (C=O) groups excluding carboxylic acids is 2. The molecule has 0 radical (unpaired) electrons. The molecule has 144 valence electrons. The average molecular weight is 371 g/mol. The molecule has 1 aromatic rings. The van der Waals surface area contributed by atoms with Crippen molar-refractivity contribution in [3.05, 3.63) is 47.2 Å². The number of hydrogen-bond acceptors (Lipinski definition) is 6. The van der Waals surface area contributed by atoms with Crippen molar-refractivity contribution in [3.63, 3.8) is 0 Å². The lowest BCUT2D eigenvalue weighted by Crippen LogP contribution is -2.30. The molecule has 1 aromatic carbocycles. The Morgan fingerprint density at radius 2 is 1.70 bits per heavy atom. The van der Waals surface area contributed by atoms with E-state index in [0.717, 1.165) is 11.3 Å². The number of benzene rings is 1. The molecule has 0 fully saturated rings. The molecule has 7 heteroatoms. The number of amides is 1. The van der Waals surface area contributed by atoms with Gasteiger partial charge < -0.3 is 20.4 Å². The van der Waals surface area contributed by atoms with Crippen molar-refractivity contribution in [1.29, 1.82) is 0 Å². The van der Waals surface area contributed by atoms with Crippen molar-refractivity contribution < 1.29 is 19.8 Å². The van der Waals surface area contributed by atoms with Crippen LogP contribution in [0.4, 0.5) is 11.4 Å². The minimum absolute atomic E-state index is 0.00200. The van der Waals surface area contributed by atoms with E-state index in [1.54, 1.807) is 6.92 Å². The number of nitrogens with zero attached hydrogens (tertiary/aromatic N) is 2. The van der Waals surface area contributed by atoms with Gasteiger partial charge in [-0.15, -0.1) is 0 Å². The number of aliphatic imine (C=N–C) groups is 1. The molecular formula is C20H25N3O4. The van der Waals surface area contributed by atoms with Crippen molar-refractivity contribution in [2.75, 3.05) is 31.2 Å². The molecule has 0 saturated carbocycles. The normalized spacial score (nSPS) is 15.8. The number of nitrogens with one attached hydrogen (secondary N) is 1. The molecule has 2 rings (SSSR count). The lowest BCUT2D eigenvalue weighted by molar-refractivity contribution is -0.120. The molecule has 0 spiro atoms. The molecule has 0 saturated heterocycles. The van der Waals surface area contributed by atoms with Gasteiger partial charge in [0.25, 0.3) is 0 Å². The van der Waals surface area contributed by atoms with Gasteiger partial charge in [-0.1, -0.05) is 0 Å². The van der Waals surface area contributed by atoms with Crippen molar-refractivity contribution >= 4 is 28.8 Å². The van der Waals surface area contributed by atoms with Crippen LogP contribution >= 0.6 is 0 Å². The molecule has 1 aliphatic carbocycles. The first-order chi connectivity index (χ1) is 12.9. The Morgan fingerprint density at radius 3 is 2.22 bits per heavy atom. The number of aliphatic hydroxyl groups excluding tert-OH is 2. The third-order valence-electron chi connectivity index (χ3n) is 4.19. The fourth-order valence-electron chi connectivity index (χ4n) is 2.92. The SMILES string of the molecule is CC(=O)NC1=C(C)C(=Nc2ccc(N(CCO)CCO)cc2)C(C)=CC1=O. The number of aliphatic hydroxyl groups is 2. The van der Waals surface area contributed by atoms with Crippen molar-refractivity contribution in [2.24, 2.45) is 4.99 Å². The third kappa shape index (κ3) is 5.12. The van der Waals surface area contributed by atoms with E-state index in [9.17, 15) is 9.59 Å². The monoisotopic (exact) mass is 371 g/mol. The summed E-state index contributed by atoms with van der Waals surface area (Å²) in [6.07, 6.45) is 1.47. The van der Waals surface area contributed by atoms with E-state index in [4.69, 9.17) is 10.2 Å². The second-order valence-electron chi connectivity index (χ2n) is 6.28. The van der Waals surface area contributed by atoms with Gasteiger partial charge in [-0.05, 0) is 49.8 Å². The molecular weight excluding hydrogens is 346 g/mol. The van der Waals surface area contributed by atoms with Gasteiger partial charge >= 0.3 is 0 Å². The third-order valence-corrected chi connectivity index (χ3v) is 4.19. The van der Waals surface area contributed by atoms with Crippen molar-refractivity contribution in [3.8, 4) is 0 Å². The van der Waals surface area contributed by atoms with E-state index in [-0.39, 0.29) is 30.6 Å². The quantitative estimate of drug-likeness (QED) is 0.630. The summed E-state index contributed by atoms with van der Waals surface area (Å²) in [6, 6.07) is 7.40.